The molecule has 4 heteroatoms. The van der Waals surface area contributed by atoms with Gasteiger partial charge in [-0.2, -0.15) is 0 Å². The maximum atomic E-state index is 5.04. The number of hydrogen-bond donors (Lipinski definition) is 0. The third-order valence-corrected chi connectivity index (χ3v) is 6.47. The van der Waals surface area contributed by atoms with Crippen molar-refractivity contribution in [3.05, 3.63) is 53.3 Å². The molecule has 4 heterocycles. The second-order valence-electron chi connectivity index (χ2n) is 8.37. The Labute approximate surface area is 156 Å². The summed E-state index contributed by atoms with van der Waals surface area (Å²) >= 11 is 0. The van der Waals surface area contributed by atoms with Crippen molar-refractivity contribution in [1.29, 1.82) is 0 Å². The fourth-order valence-electron chi connectivity index (χ4n) is 5.13. The highest BCUT2D eigenvalue weighted by Gasteiger charge is 2.40. The number of aromatic nitrogens is 2. The summed E-state index contributed by atoms with van der Waals surface area (Å²) in [6.45, 7) is 5.59. The molecular weight excluding hydrogens is 320 g/mol. The normalized spacial score (nSPS) is 28.2. The molecule has 0 N–H and O–H groups in total. The summed E-state index contributed by atoms with van der Waals surface area (Å²) in [6.07, 6.45) is 8.34. The Hall–Kier alpha value is -1.94. The number of fused-ring (bicyclic) bond motifs is 4. The number of nitrogens with zero attached hydrogens (tertiary/aromatic N) is 4. The van der Waals surface area contributed by atoms with Crippen LogP contribution in [0.5, 0.6) is 0 Å². The van der Waals surface area contributed by atoms with E-state index in [1.807, 2.05) is 0 Å². The van der Waals surface area contributed by atoms with E-state index in [0.29, 0.717) is 12.1 Å². The lowest BCUT2D eigenvalue weighted by molar-refractivity contribution is 0.166. The van der Waals surface area contributed by atoms with E-state index in [0.717, 1.165) is 37.9 Å². The summed E-state index contributed by atoms with van der Waals surface area (Å²) in [7, 11) is 0. The maximum absolute atomic E-state index is 5.04. The molecule has 0 saturated carbocycles. The van der Waals surface area contributed by atoms with Crippen LogP contribution >= 0.6 is 0 Å². The highest BCUT2D eigenvalue weighted by Crippen LogP contribution is 2.44. The van der Waals surface area contributed by atoms with Crippen LogP contribution in [-0.2, 0) is 13.0 Å². The van der Waals surface area contributed by atoms with E-state index in [4.69, 9.17) is 9.97 Å². The van der Waals surface area contributed by atoms with Crippen LogP contribution in [0.4, 0.5) is 5.95 Å². The molecule has 0 unspecified atom stereocenters. The Morgan fingerprint density at radius 2 is 2.00 bits per heavy atom. The summed E-state index contributed by atoms with van der Waals surface area (Å²) in [5.74, 6) is 1.71. The van der Waals surface area contributed by atoms with Gasteiger partial charge in [0.1, 0.15) is 0 Å². The zero-order valence-corrected chi connectivity index (χ0v) is 15.6. The molecule has 2 bridgehead atoms. The van der Waals surface area contributed by atoms with Crippen molar-refractivity contribution in [2.45, 2.75) is 57.7 Å². The lowest BCUT2D eigenvalue weighted by atomic mass is 9.98. The van der Waals surface area contributed by atoms with Crippen LogP contribution in [0.15, 0.2) is 36.5 Å². The van der Waals surface area contributed by atoms with Gasteiger partial charge in [0.15, 0.2) is 0 Å². The SMILES string of the molecule is C[C@H]1CCCN(c2ncc3c(n2)C[C@H]2CC[C@H]3N2Cc2ccccc2)C1. The van der Waals surface area contributed by atoms with Crippen LogP contribution in [0, 0.1) is 5.92 Å². The molecule has 0 aliphatic carbocycles. The summed E-state index contributed by atoms with van der Waals surface area (Å²) in [5, 5.41) is 0. The highest BCUT2D eigenvalue weighted by molar-refractivity contribution is 5.38. The fourth-order valence-corrected chi connectivity index (χ4v) is 5.13. The highest BCUT2D eigenvalue weighted by atomic mass is 15.3. The van der Waals surface area contributed by atoms with Gasteiger partial charge >= 0.3 is 0 Å². The van der Waals surface area contributed by atoms with Gasteiger partial charge in [0.2, 0.25) is 5.95 Å². The fraction of sp³-hybridized carbons (Fsp3) is 0.545. The van der Waals surface area contributed by atoms with E-state index in [9.17, 15) is 0 Å². The van der Waals surface area contributed by atoms with Crippen LogP contribution in [-0.4, -0.2) is 34.0 Å². The zero-order chi connectivity index (χ0) is 17.5. The number of piperidine rings is 1. The Balaban J connectivity index is 1.39. The Bertz CT molecular complexity index is 775. The van der Waals surface area contributed by atoms with E-state index >= 15 is 0 Å². The lowest BCUT2D eigenvalue weighted by Crippen LogP contribution is -2.39. The summed E-state index contributed by atoms with van der Waals surface area (Å²) < 4.78 is 0. The summed E-state index contributed by atoms with van der Waals surface area (Å²) in [6, 6.07) is 12.0. The first kappa shape index (κ1) is 16.2. The second kappa shape index (κ2) is 6.66. The third-order valence-electron chi connectivity index (χ3n) is 6.47. The van der Waals surface area contributed by atoms with Gasteiger partial charge in [-0.25, -0.2) is 9.97 Å². The lowest BCUT2D eigenvalue weighted by Gasteiger charge is -2.37. The van der Waals surface area contributed by atoms with E-state index in [1.165, 1.54) is 42.5 Å². The molecule has 4 nitrogen and oxygen atoms in total. The number of benzene rings is 1. The van der Waals surface area contributed by atoms with Crippen molar-refractivity contribution in [1.82, 2.24) is 14.9 Å². The molecular formula is C22H28N4. The molecule has 2 aromatic rings. The van der Waals surface area contributed by atoms with Crippen molar-refractivity contribution < 1.29 is 0 Å². The largest absolute Gasteiger partial charge is 0.341 e. The topological polar surface area (TPSA) is 32.3 Å². The first-order chi connectivity index (χ1) is 12.8. The maximum Gasteiger partial charge on any atom is 0.225 e. The zero-order valence-electron chi connectivity index (χ0n) is 15.6. The van der Waals surface area contributed by atoms with Crippen molar-refractivity contribution in [2.75, 3.05) is 18.0 Å². The summed E-state index contributed by atoms with van der Waals surface area (Å²) in [5.41, 5.74) is 4.10. The minimum atomic E-state index is 0.498. The molecule has 0 spiro atoms. The predicted molar refractivity (Wildman–Crippen MR) is 104 cm³/mol. The van der Waals surface area contributed by atoms with Gasteiger partial charge in [-0.05, 0) is 37.2 Å². The molecule has 0 amide bonds. The van der Waals surface area contributed by atoms with Gasteiger partial charge in [0.05, 0.1) is 5.69 Å². The number of hydrogen-bond acceptors (Lipinski definition) is 4. The van der Waals surface area contributed by atoms with E-state index in [2.05, 4.69) is 53.3 Å². The molecule has 5 rings (SSSR count). The Morgan fingerprint density at radius 1 is 1.12 bits per heavy atom. The minimum Gasteiger partial charge on any atom is -0.341 e. The van der Waals surface area contributed by atoms with Gasteiger partial charge in [-0.1, -0.05) is 37.3 Å². The molecule has 26 heavy (non-hydrogen) atoms. The standard InChI is InChI=1S/C22H28N4/c1-16-6-5-11-25(14-16)22-23-13-19-20(24-22)12-18-9-10-21(19)26(18)15-17-7-3-2-4-8-17/h2-4,7-8,13,16,18,21H,5-6,9-12,14-15H2,1H3/t16-,18+,21+/m0/s1. The van der Waals surface area contributed by atoms with Gasteiger partial charge in [0.25, 0.3) is 0 Å². The van der Waals surface area contributed by atoms with Crippen molar-refractivity contribution in [3.63, 3.8) is 0 Å². The van der Waals surface area contributed by atoms with Crippen LogP contribution in [0.3, 0.4) is 0 Å². The molecule has 2 fully saturated rings. The van der Waals surface area contributed by atoms with Crippen LogP contribution in [0.2, 0.25) is 0 Å². The monoisotopic (exact) mass is 348 g/mol. The smallest absolute Gasteiger partial charge is 0.225 e. The van der Waals surface area contributed by atoms with Gasteiger partial charge in [0, 0.05) is 49.9 Å². The van der Waals surface area contributed by atoms with E-state index in [1.54, 1.807) is 0 Å². The van der Waals surface area contributed by atoms with Crippen molar-refractivity contribution in [3.8, 4) is 0 Å². The predicted octanol–water partition coefficient (Wildman–Crippen LogP) is 3.97. The second-order valence-corrected chi connectivity index (χ2v) is 8.37. The molecule has 136 valence electrons. The quantitative estimate of drug-likeness (QED) is 0.840. The molecule has 1 aromatic carbocycles. The average Bonchev–Trinajstić information content (AvgIpc) is 2.94. The molecule has 1 aromatic heterocycles. The van der Waals surface area contributed by atoms with E-state index in [-0.39, 0.29) is 0 Å². The Morgan fingerprint density at radius 3 is 2.85 bits per heavy atom. The minimum absolute atomic E-state index is 0.498. The van der Waals surface area contributed by atoms with Crippen LogP contribution < -0.4 is 4.90 Å². The van der Waals surface area contributed by atoms with Gasteiger partial charge < -0.3 is 4.90 Å². The first-order valence-corrected chi connectivity index (χ1v) is 10.2. The molecule has 3 aliphatic heterocycles. The van der Waals surface area contributed by atoms with Crippen LogP contribution in [0.1, 0.15) is 55.5 Å². The Kier molecular flexibility index (Phi) is 4.16. The van der Waals surface area contributed by atoms with E-state index < -0.39 is 0 Å². The molecule has 2 saturated heterocycles. The first-order valence-electron chi connectivity index (χ1n) is 10.2. The van der Waals surface area contributed by atoms with Gasteiger partial charge in [-0.15, -0.1) is 0 Å². The number of anilines is 1. The average molecular weight is 348 g/mol. The molecule has 3 aliphatic rings. The van der Waals surface area contributed by atoms with Crippen molar-refractivity contribution in [2.24, 2.45) is 5.92 Å². The molecule has 0 radical (unpaired) electrons. The summed E-state index contributed by atoms with van der Waals surface area (Å²) in [4.78, 5) is 14.9. The third kappa shape index (κ3) is 2.90. The van der Waals surface area contributed by atoms with Crippen LogP contribution in [0.25, 0.3) is 0 Å². The van der Waals surface area contributed by atoms with Crippen molar-refractivity contribution >= 4 is 5.95 Å². The van der Waals surface area contributed by atoms with Gasteiger partial charge in [-0.3, -0.25) is 4.90 Å². The number of rotatable bonds is 3. The molecule has 3 atom stereocenters.